The number of nitrogens with zero attached hydrogens (tertiary/aromatic N) is 3. The minimum absolute atomic E-state index is 0.152. The fraction of sp³-hybridized carbons (Fsp3) is 0.375. The first kappa shape index (κ1) is 21.6. The van der Waals surface area contributed by atoms with E-state index < -0.39 is 6.10 Å². The Balaban J connectivity index is 1.66. The molecular formula is C24H29N3O3. The second-order valence-corrected chi connectivity index (χ2v) is 8.03. The lowest BCUT2D eigenvalue weighted by atomic mass is 10.0. The Hall–Kier alpha value is -3.15. The highest BCUT2D eigenvalue weighted by molar-refractivity contribution is 5.80. The van der Waals surface area contributed by atoms with Crippen molar-refractivity contribution in [2.24, 2.45) is 0 Å². The molecule has 30 heavy (non-hydrogen) atoms. The van der Waals surface area contributed by atoms with Gasteiger partial charge in [0.2, 0.25) is 11.7 Å². The number of likely N-dealkylation sites (N-methyl/N-ethyl adjacent to an activating group) is 1. The molecule has 0 fully saturated rings. The molecule has 3 aromatic rings. The van der Waals surface area contributed by atoms with Gasteiger partial charge in [0.15, 0.2) is 6.10 Å². The Labute approximate surface area is 177 Å². The van der Waals surface area contributed by atoms with E-state index in [2.05, 4.69) is 36.1 Å². The molecule has 1 unspecified atom stereocenters. The molecule has 1 aromatic heterocycles. The van der Waals surface area contributed by atoms with Gasteiger partial charge < -0.3 is 14.2 Å². The summed E-state index contributed by atoms with van der Waals surface area (Å²) in [6.07, 6.45) is -0.631. The van der Waals surface area contributed by atoms with Crippen molar-refractivity contribution in [3.05, 3.63) is 65.0 Å². The molecule has 1 heterocycles. The zero-order chi connectivity index (χ0) is 21.8. The number of aromatic nitrogens is 2. The highest BCUT2D eigenvalue weighted by Crippen LogP contribution is 2.28. The summed E-state index contributed by atoms with van der Waals surface area (Å²) in [5.41, 5.74) is 4.22. The van der Waals surface area contributed by atoms with Crippen molar-refractivity contribution in [1.82, 2.24) is 15.0 Å². The van der Waals surface area contributed by atoms with Gasteiger partial charge >= 0.3 is 0 Å². The van der Waals surface area contributed by atoms with Crippen LogP contribution < -0.4 is 4.74 Å². The van der Waals surface area contributed by atoms with E-state index in [4.69, 9.17) is 9.26 Å². The summed E-state index contributed by atoms with van der Waals surface area (Å²) >= 11 is 0. The lowest BCUT2D eigenvalue weighted by Gasteiger charge is -2.23. The number of hydrogen-bond donors (Lipinski definition) is 0. The Morgan fingerprint density at radius 1 is 1.07 bits per heavy atom. The van der Waals surface area contributed by atoms with E-state index in [0.29, 0.717) is 17.6 Å². The molecule has 0 radical (unpaired) electrons. The maximum absolute atomic E-state index is 12.8. The van der Waals surface area contributed by atoms with Gasteiger partial charge in [0.25, 0.3) is 5.91 Å². The van der Waals surface area contributed by atoms with Crippen LogP contribution in [0.1, 0.15) is 49.3 Å². The zero-order valence-electron chi connectivity index (χ0n) is 18.5. The molecule has 3 rings (SSSR count). The summed E-state index contributed by atoms with van der Waals surface area (Å²) in [6, 6.07) is 14.0. The summed E-state index contributed by atoms with van der Waals surface area (Å²) in [4.78, 5) is 18.8. The molecule has 0 aliphatic rings. The largest absolute Gasteiger partial charge is 0.481 e. The number of carbonyl (C=O) groups is 1. The minimum Gasteiger partial charge on any atom is -0.481 e. The van der Waals surface area contributed by atoms with Crippen molar-refractivity contribution < 1.29 is 14.1 Å². The molecule has 0 aliphatic carbocycles. The predicted molar refractivity (Wildman–Crippen MR) is 116 cm³/mol. The van der Waals surface area contributed by atoms with Gasteiger partial charge in [-0.1, -0.05) is 61.0 Å². The smallest absolute Gasteiger partial charge is 0.263 e. The van der Waals surface area contributed by atoms with E-state index >= 15 is 0 Å². The lowest BCUT2D eigenvalue weighted by molar-refractivity contribution is -0.137. The Morgan fingerprint density at radius 2 is 1.73 bits per heavy atom. The maximum atomic E-state index is 12.8. The highest BCUT2D eigenvalue weighted by Gasteiger charge is 2.23. The van der Waals surface area contributed by atoms with Gasteiger partial charge in [-0.25, -0.2) is 0 Å². The molecule has 0 spiro atoms. The number of amides is 1. The zero-order valence-corrected chi connectivity index (χ0v) is 18.5. The number of aryl methyl sites for hydroxylation is 2. The van der Waals surface area contributed by atoms with Crippen molar-refractivity contribution in [3.8, 4) is 17.1 Å². The molecule has 1 atom stereocenters. The summed E-state index contributed by atoms with van der Waals surface area (Å²) in [7, 11) is 1.71. The fourth-order valence-corrected chi connectivity index (χ4v) is 3.19. The lowest BCUT2D eigenvalue weighted by Crippen LogP contribution is -2.37. The van der Waals surface area contributed by atoms with E-state index in [1.807, 2.05) is 44.2 Å². The molecule has 158 valence electrons. The van der Waals surface area contributed by atoms with Gasteiger partial charge in [-0.05, 0) is 43.9 Å². The number of hydrogen-bond acceptors (Lipinski definition) is 5. The number of rotatable bonds is 7. The normalized spacial score (nSPS) is 12.1. The quantitative estimate of drug-likeness (QED) is 0.557. The molecule has 6 heteroatoms. The van der Waals surface area contributed by atoms with Crippen LogP contribution in [-0.2, 0) is 11.3 Å². The van der Waals surface area contributed by atoms with E-state index in [1.54, 1.807) is 18.9 Å². The van der Waals surface area contributed by atoms with E-state index in [-0.39, 0.29) is 12.5 Å². The first-order chi connectivity index (χ1) is 14.2. The third-order valence-corrected chi connectivity index (χ3v) is 4.97. The number of ether oxygens (including phenoxy) is 1. The Bertz CT molecular complexity index is 1010. The van der Waals surface area contributed by atoms with Gasteiger partial charge in [0, 0.05) is 12.6 Å². The van der Waals surface area contributed by atoms with Crippen LogP contribution in [0.25, 0.3) is 11.4 Å². The average Bonchev–Trinajstić information content (AvgIpc) is 3.16. The van der Waals surface area contributed by atoms with Crippen LogP contribution in [0.3, 0.4) is 0 Å². The molecule has 0 aliphatic heterocycles. The van der Waals surface area contributed by atoms with E-state index in [0.717, 1.165) is 28.0 Å². The molecule has 1 amide bonds. The van der Waals surface area contributed by atoms with Gasteiger partial charge in [0.1, 0.15) is 5.75 Å². The van der Waals surface area contributed by atoms with Crippen molar-refractivity contribution in [3.63, 3.8) is 0 Å². The van der Waals surface area contributed by atoms with Gasteiger partial charge in [0.05, 0.1) is 6.54 Å². The van der Waals surface area contributed by atoms with Gasteiger partial charge in [-0.2, -0.15) is 4.98 Å². The van der Waals surface area contributed by atoms with Gasteiger partial charge in [-0.15, -0.1) is 0 Å². The number of carbonyl (C=O) groups excluding carboxylic acids is 1. The monoisotopic (exact) mass is 407 g/mol. The highest BCUT2D eigenvalue weighted by atomic mass is 16.5. The summed E-state index contributed by atoms with van der Waals surface area (Å²) in [5, 5.41) is 4.03. The summed E-state index contributed by atoms with van der Waals surface area (Å²) < 4.78 is 11.4. The first-order valence-electron chi connectivity index (χ1n) is 10.2. The SMILES string of the molecule is Cc1ccc(-c2noc(CN(C)C(=O)C(C)Oc3cc(C)ccc3C(C)C)n2)cc1. The molecule has 0 bridgehead atoms. The van der Waals surface area contributed by atoms with Gasteiger partial charge in [-0.3, -0.25) is 4.79 Å². The topological polar surface area (TPSA) is 68.5 Å². The van der Waals surface area contributed by atoms with Crippen LogP contribution in [0.15, 0.2) is 47.0 Å². The van der Waals surface area contributed by atoms with Crippen LogP contribution in [0.2, 0.25) is 0 Å². The third kappa shape index (κ3) is 5.06. The average molecular weight is 408 g/mol. The van der Waals surface area contributed by atoms with Crippen molar-refractivity contribution in [1.29, 1.82) is 0 Å². The third-order valence-electron chi connectivity index (χ3n) is 4.97. The fourth-order valence-electron chi connectivity index (χ4n) is 3.19. The molecule has 0 saturated heterocycles. The van der Waals surface area contributed by atoms with E-state index in [1.165, 1.54) is 0 Å². The van der Waals surface area contributed by atoms with Crippen molar-refractivity contribution in [2.75, 3.05) is 7.05 Å². The summed E-state index contributed by atoms with van der Waals surface area (Å²) in [6.45, 7) is 10.2. The minimum atomic E-state index is -0.631. The maximum Gasteiger partial charge on any atom is 0.263 e. The molecule has 6 nitrogen and oxygen atoms in total. The van der Waals surface area contributed by atoms with Crippen LogP contribution in [0.5, 0.6) is 5.75 Å². The molecule has 2 aromatic carbocycles. The Kier molecular flexibility index (Phi) is 6.55. The molecule has 0 saturated carbocycles. The van der Waals surface area contributed by atoms with Crippen LogP contribution in [-0.4, -0.2) is 34.1 Å². The molecular weight excluding hydrogens is 378 g/mol. The molecule has 0 N–H and O–H groups in total. The first-order valence-corrected chi connectivity index (χ1v) is 10.2. The second kappa shape index (κ2) is 9.11. The van der Waals surface area contributed by atoms with Crippen molar-refractivity contribution in [2.45, 2.75) is 53.2 Å². The summed E-state index contributed by atoms with van der Waals surface area (Å²) in [5.74, 6) is 1.79. The van der Waals surface area contributed by atoms with E-state index in [9.17, 15) is 4.79 Å². The number of benzene rings is 2. The Morgan fingerprint density at radius 3 is 2.40 bits per heavy atom. The van der Waals surface area contributed by atoms with Crippen LogP contribution in [0, 0.1) is 13.8 Å². The standard InChI is InChI=1S/C24H29N3O3/c1-15(2)20-12-9-17(4)13-21(20)29-18(5)24(28)27(6)14-22-25-23(26-30-22)19-10-7-16(3)8-11-19/h7-13,15,18H,14H2,1-6H3. The van der Waals surface area contributed by atoms with Crippen LogP contribution >= 0.6 is 0 Å². The van der Waals surface area contributed by atoms with Crippen LogP contribution in [0.4, 0.5) is 0 Å². The second-order valence-electron chi connectivity index (χ2n) is 8.03. The van der Waals surface area contributed by atoms with Crippen molar-refractivity contribution >= 4 is 5.91 Å². The predicted octanol–water partition coefficient (Wildman–Crippen LogP) is 4.90.